The van der Waals surface area contributed by atoms with Crippen LogP contribution >= 0.6 is 0 Å². The van der Waals surface area contributed by atoms with E-state index in [-0.39, 0.29) is 6.04 Å². The minimum Gasteiger partial charge on any atom is -0.310 e. The summed E-state index contributed by atoms with van der Waals surface area (Å²) in [6.45, 7) is 0.906. The van der Waals surface area contributed by atoms with Crippen molar-refractivity contribution in [3.05, 3.63) is 71.3 Å². The first-order valence-corrected chi connectivity index (χ1v) is 7.48. The minimum absolute atomic E-state index is 0.127. The summed E-state index contributed by atoms with van der Waals surface area (Å²) in [5.41, 5.74) is 1.62. The Balaban J connectivity index is 1.75. The monoisotopic (exact) mass is 305 g/mol. The molecule has 2 unspecified atom stereocenters. The Morgan fingerprint density at radius 3 is 2.27 bits per heavy atom. The SMILES string of the molecule is FC(F)(F)c1ccc(C2NCCC2Cc2ccccc2)cc1. The minimum atomic E-state index is -4.27. The lowest BCUT2D eigenvalue weighted by Gasteiger charge is -2.20. The average molecular weight is 305 g/mol. The Kier molecular flexibility index (Phi) is 4.21. The number of rotatable bonds is 3. The van der Waals surface area contributed by atoms with E-state index < -0.39 is 11.7 Å². The first kappa shape index (κ1) is 15.1. The Bertz CT molecular complexity index is 604. The molecule has 116 valence electrons. The molecule has 0 aliphatic carbocycles. The number of hydrogen-bond donors (Lipinski definition) is 1. The van der Waals surface area contributed by atoms with Crippen molar-refractivity contribution in [2.45, 2.75) is 25.1 Å². The van der Waals surface area contributed by atoms with Gasteiger partial charge in [0.2, 0.25) is 0 Å². The number of benzene rings is 2. The second-order valence-corrected chi connectivity index (χ2v) is 5.79. The fraction of sp³-hybridized carbons (Fsp3) is 0.333. The first-order valence-electron chi connectivity index (χ1n) is 7.48. The molecule has 1 heterocycles. The first-order chi connectivity index (χ1) is 10.5. The fourth-order valence-corrected chi connectivity index (χ4v) is 3.16. The van der Waals surface area contributed by atoms with Crippen molar-refractivity contribution in [2.75, 3.05) is 6.54 Å². The van der Waals surface area contributed by atoms with E-state index in [1.165, 1.54) is 17.7 Å². The van der Waals surface area contributed by atoms with Crippen LogP contribution in [0.15, 0.2) is 54.6 Å². The van der Waals surface area contributed by atoms with Gasteiger partial charge in [0.1, 0.15) is 0 Å². The van der Waals surface area contributed by atoms with E-state index in [9.17, 15) is 13.2 Å². The third kappa shape index (κ3) is 3.33. The highest BCUT2D eigenvalue weighted by Gasteiger charge is 2.32. The van der Waals surface area contributed by atoms with Crippen LogP contribution < -0.4 is 5.32 Å². The van der Waals surface area contributed by atoms with E-state index in [4.69, 9.17) is 0 Å². The van der Waals surface area contributed by atoms with E-state index in [1.54, 1.807) is 12.1 Å². The molecule has 0 radical (unpaired) electrons. The summed E-state index contributed by atoms with van der Waals surface area (Å²) in [7, 11) is 0. The lowest BCUT2D eigenvalue weighted by Crippen LogP contribution is -2.19. The van der Waals surface area contributed by atoms with Crippen molar-refractivity contribution < 1.29 is 13.2 Å². The zero-order valence-electron chi connectivity index (χ0n) is 12.1. The Labute approximate surface area is 128 Å². The molecule has 1 aliphatic rings. The number of hydrogen-bond acceptors (Lipinski definition) is 1. The molecule has 2 aromatic carbocycles. The van der Waals surface area contributed by atoms with Crippen LogP contribution in [0.1, 0.15) is 29.2 Å². The third-order valence-electron chi connectivity index (χ3n) is 4.29. The van der Waals surface area contributed by atoms with E-state index in [0.717, 1.165) is 24.9 Å². The van der Waals surface area contributed by atoms with Gasteiger partial charge in [-0.05, 0) is 48.6 Å². The summed E-state index contributed by atoms with van der Waals surface area (Å²) < 4.78 is 37.9. The smallest absolute Gasteiger partial charge is 0.310 e. The molecule has 1 nitrogen and oxygen atoms in total. The van der Waals surface area contributed by atoms with Gasteiger partial charge in [-0.25, -0.2) is 0 Å². The van der Waals surface area contributed by atoms with E-state index in [0.29, 0.717) is 5.92 Å². The van der Waals surface area contributed by atoms with Gasteiger partial charge in [0.25, 0.3) is 0 Å². The molecule has 1 aliphatic heterocycles. The van der Waals surface area contributed by atoms with Gasteiger partial charge in [-0.15, -0.1) is 0 Å². The van der Waals surface area contributed by atoms with Crippen LogP contribution in [-0.4, -0.2) is 6.54 Å². The fourth-order valence-electron chi connectivity index (χ4n) is 3.16. The maximum atomic E-state index is 12.6. The molecule has 4 heteroatoms. The summed E-state index contributed by atoms with van der Waals surface area (Å²) in [4.78, 5) is 0. The summed E-state index contributed by atoms with van der Waals surface area (Å²) in [5.74, 6) is 0.416. The molecular weight excluding hydrogens is 287 g/mol. The maximum absolute atomic E-state index is 12.6. The van der Waals surface area contributed by atoms with E-state index in [2.05, 4.69) is 17.4 Å². The predicted octanol–water partition coefficient (Wildman–Crippen LogP) is 4.60. The van der Waals surface area contributed by atoms with Crippen molar-refractivity contribution in [2.24, 2.45) is 5.92 Å². The molecule has 3 rings (SSSR count). The normalized spacial score (nSPS) is 22.0. The van der Waals surface area contributed by atoms with E-state index in [1.807, 2.05) is 18.2 Å². The molecule has 0 spiro atoms. The standard InChI is InChI=1S/C18H18F3N/c19-18(20,21)16-8-6-14(7-9-16)17-15(10-11-22-17)12-13-4-2-1-3-5-13/h1-9,15,17,22H,10-12H2. The summed E-state index contributed by atoms with van der Waals surface area (Å²) in [6, 6.07) is 15.9. The van der Waals surface area contributed by atoms with Crippen LogP contribution in [0.25, 0.3) is 0 Å². The molecule has 0 saturated carbocycles. The van der Waals surface area contributed by atoms with Crippen molar-refractivity contribution >= 4 is 0 Å². The molecule has 1 fully saturated rings. The van der Waals surface area contributed by atoms with Crippen LogP contribution in [0, 0.1) is 5.92 Å². The summed E-state index contributed by atoms with van der Waals surface area (Å²) in [5, 5.41) is 3.42. The van der Waals surface area contributed by atoms with Crippen molar-refractivity contribution in [3.63, 3.8) is 0 Å². The van der Waals surface area contributed by atoms with Gasteiger partial charge in [0, 0.05) is 6.04 Å². The van der Waals surface area contributed by atoms with Crippen molar-refractivity contribution in [1.82, 2.24) is 5.32 Å². The summed E-state index contributed by atoms with van der Waals surface area (Å²) in [6.07, 6.45) is -2.29. The van der Waals surface area contributed by atoms with Gasteiger partial charge in [-0.3, -0.25) is 0 Å². The molecule has 0 aromatic heterocycles. The average Bonchev–Trinajstić information content (AvgIpc) is 2.96. The molecule has 0 amide bonds. The maximum Gasteiger partial charge on any atom is 0.416 e. The second kappa shape index (κ2) is 6.13. The zero-order valence-corrected chi connectivity index (χ0v) is 12.1. The van der Waals surface area contributed by atoms with Gasteiger partial charge >= 0.3 is 6.18 Å². The van der Waals surface area contributed by atoms with Gasteiger partial charge in [-0.1, -0.05) is 42.5 Å². The quantitative estimate of drug-likeness (QED) is 0.874. The van der Waals surface area contributed by atoms with Gasteiger partial charge in [0.15, 0.2) is 0 Å². The molecule has 2 atom stereocenters. The molecule has 2 aromatic rings. The van der Waals surface area contributed by atoms with Crippen molar-refractivity contribution in [1.29, 1.82) is 0 Å². The Hall–Kier alpha value is -1.81. The zero-order chi connectivity index (χ0) is 15.6. The van der Waals surface area contributed by atoms with Crippen LogP contribution in [-0.2, 0) is 12.6 Å². The second-order valence-electron chi connectivity index (χ2n) is 5.79. The van der Waals surface area contributed by atoms with Gasteiger partial charge < -0.3 is 5.32 Å². The van der Waals surface area contributed by atoms with E-state index >= 15 is 0 Å². The molecule has 22 heavy (non-hydrogen) atoms. The highest BCUT2D eigenvalue weighted by atomic mass is 19.4. The molecule has 0 bridgehead atoms. The molecule has 1 saturated heterocycles. The highest BCUT2D eigenvalue weighted by Crippen LogP contribution is 2.34. The lowest BCUT2D eigenvalue weighted by atomic mass is 9.88. The van der Waals surface area contributed by atoms with Gasteiger partial charge in [-0.2, -0.15) is 13.2 Å². The predicted molar refractivity (Wildman–Crippen MR) is 80.4 cm³/mol. The van der Waals surface area contributed by atoms with Gasteiger partial charge in [0.05, 0.1) is 5.56 Å². The number of nitrogens with one attached hydrogen (secondary N) is 1. The Morgan fingerprint density at radius 2 is 1.64 bits per heavy atom. The lowest BCUT2D eigenvalue weighted by molar-refractivity contribution is -0.137. The van der Waals surface area contributed by atoms with Crippen LogP contribution in [0.3, 0.4) is 0 Å². The molecule has 1 N–H and O–H groups in total. The van der Waals surface area contributed by atoms with Crippen LogP contribution in [0.4, 0.5) is 13.2 Å². The summed E-state index contributed by atoms with van der Waals surface area (Å²) >= 11 is 0. The Morgan fingerprint density at radius 1 is 0.955 bits per heavy atom. The third-order valence-corrected chi connectivity index (χ3v) is 4.29. The van der Waals surface area contributed by atoms with Crippen LogP contribution in [0.5, 0.6) is 0 Å². The van der Waals surface area contributed by atoms with Crippen LogP contribution in [0.2, 0.25) is 0 Å². The largest absolute Gasteiger partial charge is 0.416 e. The topological polar surface area (TPSA) is 12.0 Å². The number of halogens is 3. The van der Waals surface area contributed by atoms with Crippen molar-refractivity contribution in [3.8, 4) is 0 Å². The highest BCUT2D eigenvalue weighted by molar-refractivity contribution is 5.28. The molecular formula is C18H18F3N. The number of alkyl halides is 3.